The fourth-order valence-corrected chi connectivity index (χ4v) is 4.95. The van der Waals surface area contributed by atoms with E-state index in [1.165, 1.54) is 24.3 Å². The molecule has 0 bridgehead atoms. The maximum Gasteiger partial charge on any atom is 0.323 e. The van der Waals surface area contributed by atoms with E-state index in [9.17, 15) is 18.0 Å². The maximum absolute atomic E-state index is 13.5. The third-order valence-corrected chi connectivity index (χ3v) is 7.34. The lowest BCUT2D eigenvalue weighted by Crippen LogP contribution is -2.41. The Morgan fingerprint density at radius 3 is 2.32 bits per heavy atom. The molecule has 3 aromatic carbocycles. The number of nitrogens with two attached hydrogens (primary N) is 1. The summed E-state index contributed by atoms with van der Waals surface area (Å²) < 4.78 is 23.2. The fraction of sp³-hybridized carbons (Fsp3) is 0.222. The first kappa shape index (κ1) is 25.9. The van der Waals surface area contributed by atoms with Gasteiger partial charge in [0.15, 0.2) is 9.84 Å². The number of sulfone groups is 1. The topological polar surface area (TPSA) is 145 Å². The molecule has 3 aromatic rings. The van der Waals surface area contributed by atoms with E-state index < -0.39 is 15.9 Å². The summed E-state index contributed by atoms with van der Waals surface area (Å²) in [4.78, 5) is 28.0. The number of urea groups is 1. The van der Waals surface area contributed by atoms with Gasteiger partial charge in [-0.2, -0.15) is 5.26 Å². The summed E-state index contributed by atoms with van der Waals surface area (Å²) in [6.07, 6.45) is 2.35. The maximum atomic E-state index is 13.5. The van der Waals surface area contributed by atoms with Crippen LogP contribution in [0.5, 0.6) is 0 Å². The van der Waals surface area contributed by atoms with Crippen LogP contribution in [0.1, 0.15) is 39.5 Å². The van der Waals surface area contributed by atoms with Gasteiger partial charge < -0.3 is 21.3 Å². The zero-order valence-corrected chi connectivity index (χ0v) is 21.1. The van der Waals surface area contributed by atoms with Crippen molar-refractivity contribution in [2.24, 2.45) is 5.73 Å². The molecule has 1 atom stereocenters. The van der Waals surface area contributed by atoms with Crippen LogP contribution in [0.25, 0.3) is 0 Å². The van der Waals surface area contributed by atoms with Gasteiger partial charge in [0, 0.05) is 29.7 Å². The highest BCUT2D eigenvalue weighted by Gasteiger charge is 2.33. The summed E-state index contributed by atoms with van der Waals surface area (Å²) in [6.45, 7) is 0.935. The molecule has 3 amide bonds. The zero-order valence-electron chi connectivity index (χ0n) is 20.3. The van der Waals surface area contributed by atoms with E-state index in [4.69, 9.17) is 11.0 Å². The number of benzene rings is 3. The SMILES string of the molecule is CS(=O)(=O)c1ccc(NC(=O)Nc2ccc3c(c2)C(=O)N(CCCN)[C@@H](c2ccc(C#N)cc2)C3)cc1. The smallest absolute Gasteiger partial charge is 0.323 e. The molecular formula is C27H27N5O4S. The third-order valence-electron chi connectivity index (χ3n) is 6.22. The molecule has 0 spiro atoms. The molecule has 37 heavy (non-hydrogen) atoms. The lowest BCUT2D eigenvalue weighted by Gasteiger charge is -2.37. The Kier molecular flexibility index (Phi) is 7.57. The minimum absolute atomic E-state index is 0.149. The number of rotatable bonds is 7. The molecule has 190 valence electrons. The highest BCUT2D eigenvalue weighted by atomic mass is 32.2. The molecule has 0 saturated heterocycles. The van der Waals surface area contributed by atoms with Crippen LogP contribution in [0.15, 0.2) is 71.6 Å². The Morgan fingerprint density at radius 2 is 1.70 bits per heavy atom. The molecule has 9 nitrogen and oxygen atoms in total. The number of amides is 3. The zero-order chi connectivity index (χ0) is 26.6. The van der Waals surface area contributed by atoms with Gasteiger partial charge >= 0.3 is 6.03 Å². The average molecular weight is 518 g/mol. The quantitative estimate of drug-likeness (QED) is 0.436. The van der Waals surface area contributed by atoms with Crippen LogP contribution in [0.2, 0.25) is 0 Å². The molecule has 0 aliphatic carbocycles. The molecule has 10 heteroatoms. The molecule has 0 radical (unpaired) electrons. The second kappa shape index (κ2) is 10.8. The van der Waals surface area contributed by atoms with E-state index in [2.05, 4.69) is 16.7 Å². The average Bonchev–Trinajstić information content (AvgIpc) is 2.88. The molecule has 0 unspecified atom stereocenters. The van der Waals surface area contributed by atoms with Gasteiger partial charge in [-0.05, 0) is 79.0 Å². The van der Waals surface area contributed by atoms with E-state index in [0.29, 0.717) is 48.4 Å². The molecule has 4 N–H and O–H groups in total. The molecule has 1 aliphatic heterocycles. The molecule has 0 aromatic heterocycles. The lowest BCUT2D eigenvalue weighted by atomic mass is 9.88. The third kappa shape index (κ3) is 5.97. The molecular weight excluding hydrogens is 490 g/mol. The lowest BCUT2D eigenvalue weighted by molar-refractivity contribution is 0.0646. The largest absolute Gasteiger partial charge is 0.331 e. The van der Waals surface area contributed by atoms with Crippen molar-refractivity contribution < 1.29 is 18.0 Å². The Balaban J connectivity index is 1.52. The van der Waals surface area contributed by atoms with E-state index in [-0.39, 0.29) is 16.8 Å². The van der Waals surface area contributed by atoms with Crippen molar-refractivity contribution in [2.45, 2.75) is 23.8 Å². The molecule has 1 aliphatic rings. The number of nitrogens with one attached hydrogen (secondary N) is 2. The predicted molar refractivity (Wildman–Crippen MR) is 141 cm³/mol. The van der Waals surface area contributed by atoms with Gasteiger partial charge in [0.2, 0.25) is 0 Å². The van der Waals surface area contributed by atoms with Crippen molar-refractivity contribution in [1.82, 2.24) is 4.90 Å². The predicted octanol–water partition coefficient (Wildman–Crippen LogP) is 3.69. The van der Waals surface area contributed by atoms with Crippen LogP contribution in [0, 0.1) is 11.3 Å². The normalized spacial score (nSPS) is 15.0. The van der Waals surface area contributed by atoms with Gasteiger partial charge in [-0.3, -0.25) is 4.79 Å². The Morgan fingerprint density at radius 1 is 1.05 bits per heavy atom. The Bertz CT molecular complexity index is 1460. The van der Waals surface area contributed by atoms with Crippen molar-refractivity contribution in [3.63, 3.8) is 0 Å². The molecule has 0 saturated carbocycles. The number of hydrogen-bond donors (Lipinski definition) is 3. The second-order valence-corrected chi connectivity index (χ2v) is 10.9. The summed E-state index contributed by atoms with van der Waals surface area (Å²) in [6, 6.07) is 19.7. The van der Waals surface area contributed by atoms with Gasteiger partial charge in [-0.25, -0.2) is 13.2 Å². The molecule has 1 heterocycles. The minimum Gasteiger partial charge on any atom is -0.331 e. The first-order chi connectivity index (χ1) is 17.7. The number of carbonyl (C=O) groups is 2. The monoisotopic (exact) mass is 517 g/mol. The van der Waals surface area contributed by atoms with Gasteiger partial charge in [-0.1, -0.05) is 18.2 Å². The number of fused-ring (bicyclic) bond motifs is 1. The van der Waals surface area contributed by atoms with Crippen molar-refractivity contribution in [3.8, 4) is 6.07 Å². The summed E-state index contributed by atoms with van der Waals surface area (Å²) in [5.74, 6) is -0.149. The highest BCUT2D eigenvalue weighted by molar-refractivity contribution is 7.90. The van der Waals surface area contributed by atoms with Gasteiger partial charge in [-0.15, -0.1) is 0 Å². The van der Waals surface area contributed by atoms with Crippen LogP contribution >= 0.6 is 0 Å². The van der Waals surface area contributed by atoms with E-state index in [1.54, 1.807) is 29.2 Å². The molecule has 4 rings (SSSR count). The Labute approximate surface area is 215 Å². The van der Waals surface area contributed by atoms with Crippen LogP contribution in [-0.2, 0) is 16.3 Å². The summed E-state index contributed by atoms with van der Waals surface area (Å²) in [5.41, 5.74) is 9.48. The summed E-state index contributed by atoms with van der Waals surface area (Å²) in [7, 11) is -3.33. The molecule has 0 fully saturated rings. The first-order valence-electron chi connectivity index (χ1n) is 11.7. The summed E-state index contributed by atoms with van der Waals surface area (Å²) in [5, 5.41) is 14.5. The van der Waals surface area contributed by atoms with Crippen molar-refractivity contribution >= 4 is 33.2 Å². The standard InChI is InChI=1S/C27H27N5O4S/c1-37(35,36)23-11-9-21(10-12-23)30-27(34)31-22-8-7-20-15-25(19-5-3-18(17-29)4-6-19)32(14-2-13-28)26(33)24(20)16-22/h3-12,16,25H,2,13-15,28H2,1H3,(H2,30,31,34)/t25-/m1/s1. The number of hydrogen-bond acceptors (Lipinski definition) is 6. The minimum atomic E-state index is -3.33. The van der Waals surface area contributed by atoms with Crippen molar-refractivity contribution in [3.05, 3.63) is 89.0 Å². The highest BCUT2D eigenvalue weighted by Crippen LogP contribution is 2.34. The van der Waals surface area contributed by atoms with E-state index in [1.807, 2.05) is 18.2 Å². The van der Waals surface area contributed by atoms with Crippen molar-refractivity contribution in [1.29, 1.82) is 5.26 Å². The van der Waals surface area contributed by atoms with E-state index >= 15 is 0 Å². The van der Waals surface area contributed by atoms with Gasteiger partial charge in [0.05, 0.1) is 22.6 Å². The second-order valence-electron chi connectivity index (χ2n) is 8.84. The van der Waals surface area contributed by atoms with E-state index in [0.717, 1.165) is 17.4 Å². The first-order valence-corrected chi connectivity index (χ1v) is 13.6. The Hall–Kier alpha value is -4.20. The van der Waals surface area contributed by atoms with Crippen molar-refractivity contribution in [2.75, 3.05) is 30.0 Å². The van der Waals surface area contributed by atoms with Crippen LogP contribution in [0.4, 0.5) is 16.2 Å². The summed E-state index contributed by atoms with van der Waals surface area (Å²) >= 11 is 0. The van der Waals surface area contributed by atoms with Crippen LogP contribution in [0.3, 0.4) is 0 Å². The number of carbonyl (C=O) groups excluding carboxylic acids is 2. The fourth-order valence-electron chi connectivity index (χ4n) is 4.32. The van der Waals surface area contributed by atoms with Gasteiger partial charge in [0.1, 0.15) is 0 Å². The van der Waals surface area contributed by atoms with Crippen LogP contribution < -0.4 is 16.4 Å². The number of nitrogens with zero attached hydrogens (tertiary/aromatic N) is 2. The van der Waals surface area contributed by atoms with Gasteiger partial charge in [0.25, 0.3) is 5.91 Å². The number of nitriles is 1. The number of anilines is 2. The van der Waals surface area contributed by atoms with Crippen LogP contribution in [-0.4, -0.2) is 44.6 Å².